The molecule has 0 aliphatic carbocycles. The molecule has 10 heteroatoms. The molecule has 3 aromatic rings. The first kappa shape index (κ1) is 29.3. The summed E-state index contributed by atoms with van der Waals surface area (Å²) < 4.78 is 21.7. The first-order chi connectivity index (χ1) is 18.6. The van der Waals surface area contributed by atoms with E-state index in [1.54, 1.807) is 55.5 Å². The zero-order chi connectivity index (χ0) is 28.7. The molecule has 0 saturated heterocycles. The van der Waals surface area contributed by atoms with Crippen molar-refractivity contribution in [3.63, 3.8) is 0 Å². The van der Waals surface area contributed by atoms with Gasteiger partial charge in [-0.25, -0.2) is 4.79 Å². The van der Waals surface area contributed by atoms with Crippen LogP contribution >= 0.6 is 11.6 Å². The van der Waals surface area contributed by atoms with E-state index in [2.05, 4.69) is 0 Å². The number of aryl methyl sites for hydroxylation is 1. The van der Waals surface area contributed by atoms with Gasteiger partial charge in [-0.3, -0.25) is 4.79 Å². The van der Waals surface area contributed by atoms with Crippen LogP contribution in [-0.4, -0.2) is 50.5 Å². The molecule has 3 aromatic carbocycles. The van der Waals surface area contributed by atoms with E-state index in [4.69, 9.17) is 35.7 Å². The number of aliphatic hydroxyl groups excluding tert-OH is 1. The minimum Gasteiger partial charge on any atom is -0.497 e. The van der Waals surface area contributed by atoms with Crippen LogP contribution in [0.25, 0.3) is 0 Å². The smallest absolute Gasteiger partial charge is 0.328 e. The van der Waals surface area contributed by atoms with Gasteiger partial charge in [-0.15, -0.1) is 0 Å². The van der Waals surface area contributed by atoms with Gasteiger partial charge in [0.25, 0.3) is 5.91 Å². The highest BCUT2D eigenvalue weighted by Gasteiger charge is 2.27. The van der Waals surface area contributed by atoms with Gasteiger partial charge in [0.15, 0.2) is 11.5 Å². The van der Waals surface area contributed by atoms with Gasteiger partial charge in [0.1, 0.15) is 17.6 Å². The first-order valence-electron chi connectivity index (χ1n) is 11.8. The fourth-order valence-electron chi connectivity index (χ4n) is 4.10. The summed E-state index contributed by atoms with van der Waals surface area (Å²) in [5, 5.41) is 21.1. The number of anilines is 1. The number of aliphatic hydroxyl groups is 1. The van der Waals surface area contributed by atoms with Crippen molar-refractivity contribution in [3.05, 3.63) is 88.0 Å². The minimum absolute atomic E-state index is 0.0218. The third-order valence-corrected chi connectivity index (χ3v) is 6.49. The molecule has 0 aromatic heterocycles. The summed E-state index contributed by atoms with van der Waals surface area (Å²) in [5.74, 6) is -0.175. The Morgan fingerprint density at radius 3 is 2.26 bits per heavy atom. The van der Waals surface area contributed by atoms with Crippen molar-refractivity contribution in [3.8, 4) is 23.0 Å². The summed E-state index contributed by atoms with van der Waals surface area (Å²) in [6, 6.07) is 13.4. The van der Waals surface area contributed by atoms with Crippen molar-refractivity contribution < 1.29 is 38.7 Å². The van der Waals surface area contributed by atoms with Crippen LogP contribution in [-0.2, 0) is 16.1 Å². The molecule has 0 aliphatic rings. The Kier molecular flexibility index (Phi) is 9.81. The quantitative estimate of drug-likeness (QED) is 0.320. The maximum absolute atomic E-state index is 13.5. The van der Waals surface area contributed by atoms with Crippen LogP contribution < -0.4 is 23.8 Å². The summed E-state index contributed by atoms with van der Waals surface area (Å²) in [6.07, 6.45) is 0.412. The number of para-hydroxylation sites is 1. The fourth-order valence-corrected chi connectivity index (χ4v) is 4.27. The molecule has 0 radical (unpaired) electrons. The molecular formula is C29H30ClNO8. The van der Waals surface area contributed by atoms with Gasteiger partial charge >= 0.3 is 5.97 Å². The largest absolute Gasteiger partial charge is 0.497 e. The van der Waals surface area contributed by atoms with Gasteiger partial charge in [-0.05, 0) is 42.8 Å². The van der Waals surface area contributed by atoms with Crippen LogP contribution in [0.1, 0.15) is 28.4 Å². The van der Waals surface area contributed by atoms with Crippen molar-refractivity contribution in [1.29, 1.82) is 0 Å². The fraction of sp³-hybridized carbons (Fsp3) is 0.241. The SMILES string of the molecule is COc1ccc(CN(C(=O)/C=C/C(=O)O)c2cc(C)c(Cl)cc2C(O)c2cccc(OC)c2OC)c(OC)c1. The lowest BCUT2D eigenvalue weighted by Crippen LogP contribution is -2.30. The zero-order valence-corrected chi connectivity index (χ0v) is 23.0. The van der Waals surface area contributed by atoms with Crippen molar-refractivity contribution >= 4 is 29.2 Å². The molecule has 9 nitrogen and oxygen atoms in total. The number of carbonyl (C=O) groups is 2. The second-order valence-corrected chi connectivity index (χ2v) is 8.83. The zero-order valence-electron chi connectivity index (χ0n) is 22.2. The van der Waals surface area contributed by atoms with Gasteiger partial charge in [0, 0.05) is 39.9 Å². The van der Waals surface area contributed by atoms with Crippen molar-refractivity contribution in [2.24, 2.45) is 0 Å². The average Bonchev–Trinajstić information content (AvgIpc) is 2.94. The summed E-state index contributed by atoms with van der Waals surface area (Å²) in [4.78, 5) is 26.0. The molecule has 0 fully saturated rings. The summed E-state index contributed by atoms with van der Waals surface area (Å²) >= 11 is 6.48. The second-order valence-electron chi connectivity index (χ2n) is 8.42. The standard InChI is InChI=1S/C29H30ClNO8/c1-17-13-23(21(15-22(17)30)28(35)20-7-6-8-24(37-3)29(20)39-5)31(26(32)11-12-27(33)34)16-18-9-10-19(36-2)14-25(18)38-4/h6-15,28,35H,16H2,1-5H3,(H,33,34)/b12-11+. The van der Waals surface area contributed by atoms with Gasteiger partial charge in [-0.2, -0.15) is 0 Å². The molecule has 1 atom stereocenters. The van der Waals surface area contributed by atoms with E-state index < -0.39 is 18.0 Å². The maximum atomic E-state index is 13.5. The highest BCUT2D eigenvalue weighted by molar-refractivity contribution is 6.31. The Bertz CT molecular complexity index is 1390. The Labute approximate surface area is 231 Å². The summed E-state index contributed by atoms with van der Waals surface area (Å²) in [5.41, 5.74) is 2.24. The number of rotatable bonds is 11. The molecule has 2 N–H and O–H groups in total. The number of benzene rings is 3. The van der Waals surface area contributed by atoms with Crippen molar-refractivity contribution in [2.75, 3.05) is 33.3 Å². The van der Waals surface area contributed by atoms with Gasteiger partial charge in [0.05, 0.1) is 40.7 Å². The average molecular weight is 556 g/mol. The van der Waals surface area contributed by atoms with Crippen LogP contribution in [0.5, 0.6) is 23.0 Å². The van der Waals surface area contributed by atoms with Crippen molar-refractivity contribution in [1.82, 2.24) is 0 Å². The highest BCUT2D eigenvalue weighted by atomic mass is 35.5. The van der Waals surface area contributed by atoms with E-state index in [1.165, 1.54) is 33.3 Å². The Morgan fingerprint density at radius 1 is 0.923 bits per heavy atom. The molecule has 3 rings (SSSR count). The summed E-state index contributed by atoms with van der Waals surface area (Å²) in [6.45, 7) is 1.74. The van der Waals surface area contributed by atoms with Crippen LogP contribution in [0.4, 0.5) is 5.69 Å². The number of carboxylic acid groups (broad SMARTS) is 1. The molecule has 206 valence electrons. The number of halogens is 1. The molecule has 39 heavy (non-hydrogen) atoms. The molecule has 0 heterocycles. The number of methoxy groups -OCH3 is 4. The van der Waals surface area contributed by atoms with E-state index in [1.807, 2.05) is 0 Å². The number of nitrogens with zero attached hydrogens (tertiary/aromatic N) is 1. The predicted octanol–water partition coefficient (Wildman–Crippen LogP) is 4.94. The molecule has 0 spiro atoms. The maximum Gasteiger partial charge on any atom is 0.328 e. The molecule has 1 amide bonds. The Hall–Kier alpha value is -4.21. The predicted molar refractivity (Wildman–Crippen MR) is 147 cm³/mol. The lowest BCUT2D eigenvalue weighted by molar-refractivity contribution is -0.131. The third kappa shape index (κ3) is 6.63. The van der Waals surface area contributed by atoms with Crippen LogP contribution in [0, 0.1) is 6.92 Å². The van der Waals surface area contributed by atoms with Crippen LogP contribution in [0.2, 0.25) is 5.02 Å². The van der Waals surface area contributed by atoms with Gasteiger partial charge in [-0.1, -0.05) is 23.7 Å². The number of carbonyl (C=O) groups excluding carboxylic acids is 1. The lowest BCUT2D eigenvalue weighted by atomic mass is 9.96. The molecular weight excluding hydrogens is 526 g/mol. The highest BCUT2D eigenvalue weighted by Crippen LogP contribution is 2.42. The molecule has 0 saturated carbocycles. The second kappa shape index (κ2) is 13.0. The number of hydrogen-bond donors (Lipinski definition) is 2. The summed E-state index contributed by atoms with van der Waals surface area (Å²) in [7, 11) is 5.96. The Morgan fingerprint density at radius 2 is 1.64 bits per heavy atom. The van der Waals surface area contributed by atoms with Crippen molar-refractivity contribution in [2.45, 2.75) is 19.6 Å². The number of ether oxygens (including phenoxy) is 4. The topological polar surface area (TPSA) is 115 Å². The number of amides is 1. The molecule has 1 unspecified atom stereocenters. The third-order valence-electron chi connectivity index (χ3n) is 6.08. The van der Waals surface area contributed by atoms with Gasteiger partial charge < -0.3 is 34.1 Å². The minimum atomic E-state index is -1.29. The van der Waals surface area contributed by atoms with E-state index in [9.17, 15) is 14.7 Å². The molecule has 0 aliphatic heterocycles. The molecule has 0 bridgehead atoms. The lowest BCUT2D eigenvalue weighted by Gasteiger charge is -2.28. The Balaban J connectivity index is 2.24. The van der Waals surface area contributed by atoms with Gasteiger partial charge in [0.2, 0.25) is 0 Å². The normalized spacial score (nSPS) is 11.7. The number of hydrogen-bond acceptors (Lipinski definition) is 7. The van der Waals surface area contributed by atoms with Crippen LogP contribution in [0.15, 0.2) is 60.7 Å². The number of carboxylic acids is 1. The first-order valence-corrected chi connectivity index (χ1v) is 12.1. The van der Waals surface area contributed by atoms with E-state index >= 15 is 0 Å². The number of aliphatic carboxylic acids is 1. The van der Waals surface area contributed by atoms with E-state index in [-0.39, 0.29) is 6.54 Å². The monoisotopic (exact) mass is 555 g/mol. The van der Waals surface area contributed by atoms with Crippen LogP contribution in [0.3, 0.4) is 0 Å². The van der Waals surface area contributed by atoms with E-state index in [0.29, 0.717) is 56.0 Å². The van der Waals surface area contributed by atoms with E-state index in [0.717, 1.165) is 12.2 Å².